The molecule has 0 atom stereocenters. The van der Waals surface area contributed by atoms with Gasteiger partial charge in [0.1, 0.15) is 0 Å². The van der Waals surface area contributed by atoms with E-state index in [0.717, 1.165) is 37.3 Å². The van der Waals surface area contributed by atoms with E-state index in [4.69, 9.17) is 9.94 Å². The van der Waals surface area contributed by atoms with Crippen LogP contribution in [0, 0.1) is 0 Å². The highest BCUT2D eigenvalue weighted by molar-refractivity contribution is 6.04. The van der Waals surface area contributed by atoms with E-state index in [2.05, 4.69) is 11.2 Å². The lowest BCUT2D eigenvalue weighted by atomic mass is 10.1. The van der Waals surface area contributed by atoms with E-state index in [1.807, 2.05) is 32.0 Å². The molecule has 0 unspecified atom stereocenters. The Morgan fingerprint density at radius 1 is 1.19 bits per heavy atom. The van der Waals surface area contributed by atoms with Gasteiger partial charge in [0.05, 0.1) is 5.71 Å². The molecular formula is C13H19NO2. The Kier molecular flexibility index (Phi) is 5.57. The third-order valence-corrected chi connectivity index (χ3v) is 2.49. The number of oxime groups is 1. The number of ether oxygens (including phenoxy) is 1. The fourth-order valence-corrected chi connectivity index (χ4v) is 1.72. The molecule has 16 heavy (non-hydrogen) atoms. The van der Waals surface area contributed by atoms with Gasteiger partial charge in [-0.05, 0) is 32.3 Å². The lowest BCUT2D eigenvalue weighted by Crippen LogP contribution is -1.92. The van der Waals surface area contributed by atoms with Gasteiger partial charge in [0.15, 0.2) is 0 Å². The summed E-state index contributed by atoms with van der Waals surface area (Å²) in [4.78, 5) is 0. The fourth-order valence-electron chi connectivity index (χ4n) is 1.72. The van der Waals surface area contributed by atoms with Gasteiger partial charge in [0.2, 0.25) is 0 Å². The maximum Gasteiger partial charge on any atom is 0.0873 e. The molecule has 0 aromatic heterocycles. The summed E-state index contributed by atoms with van der Waals surface area (Å²) in [5, 5.41) is 11.8. The van der Waals surface area contributed by atoms with Crippen molar-refractivity contribution in [3.8, 4) is 0 Å². The molecule has 0 saturated carbocycles. The zero-order valence-electron chi connectivity index (χ0n) is 9.94. The summed E-state index contributed by atoms with van der Waals surface area (Å²) < 4.78 is 4.83. The molecule has 0 bridgehead atoms. The van der Waals surface area contributed by atoms with Crippen LogP contribution in [0.3, 0.4) is 0 Å². The predicted molar refractivity (Wildman–Crippen MR) is 65.3 cm³/mol. The van der Waals surface area contributed by atoms with Crippen LogP contribution in [0.1, 0.15) is 31.4 Å². The minimum Gasteiger partial charge on any atom is -0.411 e. The number of hydrogen-bond acceptors (Lipinski definition) is 3. The highest BCUT2D eigenvalue weighted by atomic mass is 16.5. The van der Waals surface area contributed by atoms with Gasteiger partial charge in [-0.1, -0.05) is 29.4 Å². The van der Waals surface area contributed by atoms with Crippen LogP contribution in [0.5, 0.6) is 0 Å². The maximum atomic E-state index is 8.60. The van der Waals surface area contributed by atoms with Gasteiger partial charge >= 0.3 is 0 Å². The Labute approximate surface area is 96.7 Å². The summed E-state index contributed by atoms with van der Waals surface area (Å²) in [5.74, 6) is 0. The van der Waals surface area contributed by atoms with E-state index in [9.17, 15) is 0 Å². The number of rotatable bonds is 2. The summed E-state index contributed by atoms with van der Waals surface area (Å²) >= 11 is 0. The average Bonchev–Trinajstić information content (AvgIpc) is 2.74. The standard InChI is InChI=1S/C9H9NO.C4H10O/c11-10-9-6-5-7-3-1-2-4-8(7)9;1-3-5-4-2/h1-4,11H,5-6H2;3-4H2,1-2H3/b10-9+;. The van der Waals surface area contributed by atoms with Gasteiger partial charge in [-0.15, -0.1) is 0 Å². The van der Waals surface area contributed by atoms with Gasteiger partial charge in [-0.25, -0.2) is 0 Å². The van der Waals surface area contributed by atoms with Crippen LogP contribution >= 0.6 is 0 Å². The Morgan fingerprint density at radius 3 is 2.44 bits per heavy atom. The van der Waals surface area contributed by atoms with E-state index in [1.54, 1.807) is 0 Å². The SMILES string of the molecule is CCOCC.O/N=C1\CCc2ccccc21. The molecule has 1 N–H and O–H groups in total. The largest absolute Gasteiger partial charge is 0.411 e. The summed E-state index contributed by atoms with van der Waals surface area (Å²) in [7, 11) is 0. The topological polar surface area (TPSA) is 41.8 Å². The lowest BCUT2D eigenvalue weighted by molar-refractivity contribution is 0.162. The van der Waals surface area contributed by atoms with Crippen LogP contribution in [-0.2, 0) is 11.2 Å². The van der Waals surface area contributed by atoms with Crippen molar-refractivity contribution >= 4 is 5.71 Å². The minimum atomic E-state index is 0.820. The first-order valence-corrected chi connectivity index (χ1v) is 5.70. The number of hydrogen-bond donors (Lipinski definition) is 1. The third kappa shape index (κ3) is 3.35. The van der Waals surface area contributed by atoms with E-state index < -0.39 is 0 Å². The molecule has 0 saturated heterocycles. The molecule has 88 valence electrons. The zero-order valence-corrected chi connectivity index (χ0v) is 9.94. The van der Waals surface area contributed by atoms with E-state index in [-0.39, 0.29) is 0 Å². The normalized spacial score (nSPS) is 15.5. The van der Waals surface area contributed by atoms with Crippen molar-refractivity contribution in [3.05, 3.63) is 35.4 Å². The molecule has 1 aliphatic rings. The van der Waals surface area contributed by atoms with Crippen molar-refractivity contribution < 1.29 is 9.94 Å². The summed E-state index contributed by atoms with van der Waals surface area (Å²) in [5.41, 5.74) is 3.22. The monoisotopic (exact) mass is 221 g/mol. The minimum absolute atomic E-state index is 0.820. The summed E-state index contributed by atoms with van der Waals surface area (Å²) in [6.45, 7) is 5.67. The maximum absolute atomic E-state index is 8.60. The van der Waals surface area contributed by atoms with E-state index >= 15 is 0 Å². The Bertz CT molecular complexity index is 346. The number of nitrogens with zero attached hydrogens (tertiary/aromatic N) is 1. The molecular weight excluding hydrogens is 202 g/mol. The first-order valence-electron chi connectivity index (χ1n) is 5.70. The summed E-state index contributed by atoms with van der Waals surface area (Å²) in [6, 6.07) is 8.05. The van der Waals surface area contributed by atoms with Crippen molar-refractivity contribution in [1.82, 2.24) is 0 Å². The molecule has 2 rings (SSSR count). The second-order valence-electron chi connectivity index (χ2n) is 3.49. The van der Waals surface area contributed by atoms with Crippen molar-refractivity contribution in [2.75, 3.05) is 13.2 Å². The lowest BCUT2D eigenvalue weighted by Gasteiger charge is -1.94. The smallest absolute Gasteiger partial charge is 0.0873 e. The van der Waals surface area contributed by atoms with E-state index in [0.29, 0.717) is 0 Å². The number of benzene rings is 1. The van der Waals surface area contributed by atoms with Crippen molar-refractivity contribution in [1.29, 1.82) is 0 Å². The second-order valence-corrected chi connectivity index (χ2v) is 3.49. The molecule has 1 aromatic rings. The van der Waals surface area contributed by atoms with Crippen LogP contribution in [-0.4, -0.2) is 24.1 Å². The molecule has 0 spiro atoms. The highest BCUT2D eigenvalue weighted by Gasteiger charge is 2.16. The van der Waals surface area contributed by atoms with Gasteiger partial charge in [0, 0.05) is 18.8 Å². The Morgan fingerprint density at radius 2 is 1.88 bits per heavy atom. The van der Waals surface area contributed by atoms with Crippen LogP contribution in [0.15, 0.2) is 29.4 Å². The average molecular weight is 221 g/mol. The quantitative estimate of drug-likeness (QED) is 0.616. The van der Waals surface area contributed by atoms with Crippen molar-refractivity contribution in [2.24, 2.45) is 5.16 Å². The number of fused-ring (bicyclic) bond motifs is 1. The van der Waals surface area contributed by atoms with Crippen molar-refractivity contribution in [2.45, 2.75) is 26.7 Å². The molecule has 3 heteroatoms. The van der Waals surface area contributed by atoms with Crippen LogP contribution in [0.25, 0.3) is 0 Å². The Balaban J connectivity index is 0.000000221. The van der Waals surface area contributed by atoms with Gasteiger partial charge < -0.3 is 9.94 Å². The third-order valence-electron chi connectivity index (χ3n) is 2.49. The molecule has 1 aromatic carbocycles. The van der Waals surface area contributed by atoms with Crippen LogP contribution < -0.4 is 0 Å². The van der Waals surface area contributed by atoms with Crippen LogP contribution in [0.4, 0.5) is 0 Å². The molecule has 3 nitrogen and oxygen atoms in total. The molecule has 0 radical (unpaired) electrons. The molecule has 1 aliphatic carbocycles. The van der Waals surface area contributed by atoms with Gasteiger partial charge in [-0.2, -0.15) is 0 Å². The molecule has 0 heterocycles. The van der Waals surface area contributed by atoms with Gasteiger partial charge in [-0.3, -0.25) is 0 Å². The number of aryl methyl sites for hydroxylation is 1. The molecule has 0 aliphatic heterocycles. The predicted octanol–water partition coefficient (Wildman–Crippen LogP) is 2.85. The highest BCUT2D eigenvalue weighted by Crippen LogP contribution is 2.21. The molecule has 0 fully saturated rings. The van der Waals surface area contributed by atoms with Crippen LogP contribution in [0.2, 0.25) is 0 Å². The molecule has 0 amide bonds. The summed E-state index contributed by atoms with van der Waals surface area (Å²) in [6.07, 6.45) is 1.88. The van der Waals surface area contributed by atoms with Gasteiger partial charge in [0.25, 0.3) is 0 Å². The fraction of sp³-hybridized carbons (Fsp3) is 0.462. The van der Waals surface area contributed by atoms with E-state index in [1.165, 1.54) is 5.56 Å². The van der Waals surface area contributed by atoms with Crippen molar-refractivity contribution in [3.63, 3.8) is 0 Å². The second kappa shape index (κ2) is 7.01. The zero-order chi connectivity index (χ0) is 11.8. The first-order chi connectivity index (χ1) is 7.83. The first kappa shape index (κ1) is 12.7. The Hall–Kier alpha value is -1.35.